The number of benzene rings is 1. The van der Waals surface area contributed by atoms with E-state index in [1.165, 1.54) is 23.5 Å². The average Bonchev–Trinajstić information content (AvgIpc) is 2.47. The summed E-state index contributed by atoms with van der Waals surface area (Å²) in [7, 11) is -2.41. The second-order valence-corrected chi connectivity index (χ2v) is 6.68. The molecule has 0 bridgehead atoms. The zero-order valence-electron chi connectivity index (χ0n) is 11.8. The third-order valence-electron chi connectivity index (χ3n) is 3.48. The fraction of sp³-hybridized carbons (Fsp3) is 0.538. The Labute approximate surface area is 123 Å². The maximum Gasteiger partial charge on any atom is 0.301 e. The van der Waals surface area contributed by atoms with Crippen LogP contribution in [0.2, 0.25) is 0 Å². The number of nitrogens with zero attached hydrogens (tertiary/aromatic N) is 1. The highest BCUT2D eigenvalue weighted by Gasteiger charge is 2.28. The van der Waals surface area contributed by atoms with E-state index in [2.05, 4.69) is 4.72 Å². The summed E-state index contributed by atoms with van der Waals surface area (Å²) in [6, 6.07) is 3.87. The summed E-state index contributed by atoms with van der Waals surface area (Å²) in [5, 5.41) is 9.15. The monoisotopic (exact) mass is 318 g/mol. The van der Waals surface area contributed by atoms with Crippen LogP contribution in [-0.4, -0.2) is 44.6 Å². The molecule has 0 aliphatic carbocycles. The molecule has 1 heterocycles. The van der Waals surface area contributed by atoms with Gasteiger partial charge in [-0.15, -0.1) is 0 Å². The van der Waals surface area contributed by atoms with Crippen molar-refractivity contribution in [1.29, 1.82) is 0 Å². The van der Waals surface area contributed by atoms with E-state index in [-0.39, 0.29) is 30.5 Å². The molecular formula is C13H19FN2O4S. The molecule has 1 aromatic rings. The quantitative estimate of drug-likeness (QED) is 0.855. The summed E-state index contributed by atoms with van der Waals surface area (Å²) in [5.74, 6) is -0.635. The van der Waals surface area contributed by atoms with Crippen LogP contribution in [0.5, 0.6) is 5.75 Å². The van der Waals surface area contributed by atoms with E-state index >= 15 is 0 Å². The number of nitrogens with one attached hydrogen (secondary N) is 1. The van der Waals surface area contributed by atoms with Gasteiger partial charge in [0.25, 0.3) is 0 Å². The van der Waals surface area contributed by atoms with Crippen LogP contribution in [0.15, 0.2) is 18.2 Å². The molecule has 0 amide bonds. The first-order valence-electron chi connectivity index (χ1n) is 6.68. The number of methoxy groups -OCH3 is 1. The first-order chi connectivity index (χ1) is 9.96. The number of anilines is 1. The van der Waals surface area contributed by atoms with Crippen LogP contribution in [0.3, 0.4) is 0 Å². The van der Waals surface area contributed by atoms with Gasteiger partial charge in [0.2, 0.25) is 0 Å². The molecule has 1 aliphatic rings. The summed E-state index contributed by atoms with van der Waals surface area (Å²) < 4.78 is 46.5. The van der Waals surface area contributed by atoms with Crippen molar-refractivity contribution in [2.24, 2.45) is 5.92 Å². The maximum atomic E-state index is 13.6. The number of hydrogen-bond acceptors (Lipinski definition) is 4. The summed E-state index contributed by atoms with van der Waals surface area (Å²) >= 11 is 0. The molecule has 21 heavy (non-hydrogen) atoms. The Balaban J connectivity index is 2.11. The molecule has 118 valence electrons. The Morgan fingerprint density at radius 3 is 2.90 bits per heavy atom. The molecule has 2 N–H and O–H groups in total. The first-order valence-corrected chi connectivity index (χ1v) is 8.12. The van der Waals surface area contributed by atoms with Gasteiger partial charge in [0.05, 0.1) is 12.8 Å². The fourth-order valence-corrected chi connectivity index (χ4v) is 3.67. The number of aliphatic hydroxyl groups is 1. The molecule has 2 rings (SSSR count). The van der Waals surface area contributed by atoms with Crippen molar-refractivity contribution in [3.63, 3.8) is 0 Å². The largest absolute Gasteiger partial charge is 0.494 e. The van der Waals surface area contributed by atoms with Gasteiger partial charge in [0.15, 0.2) is 11.6 Å². The third kappa shape index (κ3) is 3.84. The van der Waals surface area contributed by atoms with E-state index in [1.54, 1.807) is 0 Å². The van der Waals surface area contributed by atoms with Crippen molar-refractivity contribution in [2.75, 3.05) is 31.5 Å². The summed E-state index contributed by atoms with van der Waals surface area (Å²) in [6.07, 6.45) is 1.50. The molecule has 0 radical (unpaired) electrons. The minimum atomic E-state index is -3.75. The van der Waals surface area contributed by atoms with E-state index in [4.69, 9.17) is 9.84 Å². The fourth-order valence-electron chi connectivity index (χ4n) is 2.34. The lowest BCUT2D eigenvalue weighted by Gasteiger charge is -2.31. The molecule has 0 spiro atoms. The smallest absolute Gasteiger partial charge is 0.301 e. The lowest BCUT2D eigenvalue weighted by atomic mass is 10.0. The molecule has 6 nitrogen and oxygen atoms in total. The van der Waals surface area contributed by atoms with Crippen LogP contribution in [0.4, 0.5) is 10.1 Å². The van der Waals surface area contributed by atoms with E-state index < -0.39 is 16.0 Å². The predicted molar refractivity (Wildman–Crippen MR) is 76.9 cm³/mol. The molecule has 1 saturated heterocycles. The SMILES string of the molecule is COc1ccc(NS(=O)(=O)N2CCCC(CO)C2)cc1F. The van der Waals surface area contributed by atoms with Gasteiger partial charge in [-0.05, 0) is 30.9 Å². The van der Waals surface area contributed by atoms with Crippen molar-refractivity contribution in [3.8, 4) is 5.75 Å². The molecule has 8 heteroatoms. The van der Waals surface area contributed by atoms with E-state index in [0.717, 1.165) is 12.5 Å². The maximum absolute atomic E-state index is 13.6. The second-order valence-electron chi connectivity index (χ2n) is 5.01. The van der Waals surface area contributed by atoms with Gasteiger partial charge in [-0.2, -0.15) is 12.7 Å². The van der Waals surface area contributed by atoms with Crippen LogP contribution in [0.25, 0.3) is 0 Å². The second kappa shape index (κ2) is 6.59. The number of halogens is 1. The van der Waals surface area contributed by atoms with Gasteiger partial charge >= 0.3 is 10.2 Å². The van der Waals surface area contributed by atoms with Gasteiger partial charge < -0.3 is 9.84 Å². The number of ether oxygens (including phenoxy) is 1. The topological polar surface area (TPSA) is 78.9 Å². The Bertz CT molecular complexity index is 594. The molecule has 1 aromatic carbocycles. The van der Waals surface area contributed by atoms with Crippen LogP contribution < -0.4 is 9.46 Å². The predicted octanol–water partition coefficient (Wildman–Crippen LogP) is 1.20. The molecule has 1 aliphatic heterocycles. The van der Waals surface area contributed by atoms with E-state index in [1.807, 2.05) is 0 Å². The molecular weight excluding hydrogens is 299 g/mol. The zero-order valence-corrected chi connectivity index (χ0v) is 12.6. The Kier molecular flexibility index (Phi) is 5.02. The van der Waals surface area contributed by atoms with Gasteiger partial charge in [-0.1, -0.05) is 0 Å². The third-order valence-corrected chi connectivity index (χ3v) is 4.98. The van der Waals surface area contributed by atoms with Gasteiger partial charge in [0, 0.05) is 25.8 Å². The summed E-state index contributed by atoms with van der Waals surface area (Å²) in [4.78, 5) is 0. The molecule has 1 unspecified atom stereocenters. The number of rotatable bonds is 5. The van der Waals surface area contributed by atoms with E-state index in [0.29, 0.717) is 13.0 Å². The highest BCUT2D eigenvalue weighted by atomic mass is 32.2. The van der Waals surface area contributed by atoms with Crippen LogP contribution in [-0.2, 0) is 10.2 Å². The van der Waals surface area contributed by atoms with Gasteiger partial charge in [-0.25, -0.2) is 4.39 Å². The molecule has 0 aromatic heterocycles. The normalized spacial score (nSPS) is 20.2. The average molecular weight is 318 g/mol. The Morgan fingerprint density at radius 1 is 1.52 bits per heavy atom. The standard InChI is InChI=1S/C13H19FN2O4S/c1-20-13-5-4-11(7-12(13)14)15-21(18,19)16-6-2-3-10(8-16)9-17/h4-5,7,10,15,17H,2-3,6,8-9H2,1H3. The number of aliphatic hydroxyl groups excluding tert-OH is 1. The lowest BCUT2D eigenvalue weighted by Crippen LogP contribution is -2.43. The highest BCUT2D eigenvalue weighted by Crippen LogP contribution is 2.24. The van der Waals surface area contributed by atoms with Crippen molar-refractivity contribution >= 4 is 15.9 Å². The van der Waals surface area contributed by atoms with Crippen molar-refractivity contribution < 1.29 is 22.7 Å². The molecule has 0 saturated carbocycles. The minimum Gasteiger partial charge on any atom is -0.494 e. The van der Waals surface area contributed by atoms with Crippen LogP contribution in [0, 0.1) is 11.7 Å². The van der Waals surface area contributed by atoms with Gasteiger partial charge in [0.1, 0.15) is 0 Å². The van der Waals surface area contributed by atoms with Crippen molar-refractivity contribution in [2.45, 2.75) is 12.8 Å². The Hall–Kier alpha value is -1.38. The van der Waals surface area contributed by atoms with Crippen LogP contribution in [0.1, 0.15) is 12.8 Å². The van der Waals surface area contributed by atoms with Crippen molar-refractivity contribution in [3.05, 3.63) is 24.0 Å². The minimum absolute atomic E-state index is 0.0385. The van der Waals surface area contributed by atoms with Crippen LogP contribution >= 0.6 is 0 Å². The summed E-state index contributed by atoms with van der Waals surface area (Å²) in [6.45, 7) is 0.623. The number of hydrogen-bond donors (Lipinski definition) is 2. The number of piperidine rings is 1. The Morgan fingerprint density at radius 2 is 2.29 bits per heavy atom. The van der Waals surface area contributed by atoms with Gasteiger partial charge in [-0.3, -0.25) is 4.72 Å². The van der Waals surface area contributed by atoms with Crippen molar-refractivity contribution in [1.82, 2.24) is 4.31 Å². The molecule has 1 atom stereocenters. The summed E-state index contributed by atoms with van der Waals surface area (Å²) in [5.41, 5.74) is 0.138. The van der Waals surface area contributed by atoms with E-state index in [9.17, 15) is 12.8 Å². The highest BCUT2D eigenvalue weighted by molar-refractivity contribution is 7.90. The first kappa shape index (κ1) is 16.0. The molecule has 1 fully saturated rings. The lowest BCUT2D eigenvalue weighted by molar-refractivity contribution is 0.166. The zero-order chi connectivity index (χ0) is 15.5.